The highest BCUT2D eigenvalue weighted by molar-refractivity contribution is 9.10. The summed E-state index contributed by atoms with van der Waals surface area (Å²) in [5, 5.41) is 10.5. The van der Waals surface area contributed by atoms with E-state index in [9.17, 15) is 19.2 Å². The maximum Gasteiger partial charge on any atom is 0.498 e. The van der Waals surface area contributed by atoms with Crippen LogP contribution in [0.1, 0.15) is 83.1 Å². The monoisotopic (exact) mass is 1030 g/mol. The van der Waals surface area contributed by atoms with E-state index in [1.165, 1.54) is 18.7 Å². The van der Waals surface area contributed by atoms with Gasteiger partial charge in [-0.1, -0.05) is 0 Å². The molecule has 1 saturated heterocycles. The summed E-state index contributed by atoms with van der Waals surface area (Å²) in [6.07, 6.45) is 10.1. The molecule has 5 heterocycles. The highest BCUT2D eigenvalue weighted by Crippen LogP contribution is 2.36. The number of rotatable bonds is 10. The summed E-state index contributed by atoms with van der Waals surface area (Å²) >= 11 is 3.34. The lowest BCUT2D eigenvalue weighted by Gasteiger charge is -2.32. The van der Waals surface area contributed by atoms with Crippen LogP contribution in [-0.2, 0) is 41.5 Å². The molecule has 0 atom stereocenters. The smallest absolute Gasteiger partial charge is 0.444 e. The summed E-state index contributed by atoms with van der Waals surface area (Å²) in [4.78, 5) is 57.7. The SMILES string of the molecule is CC(=O)Oc1ccc2ncc(-c3cnn(CCN(C)C(=O)OC(C)(C)C)c3)cc2c1.CC(=O)Oc1ccc2ncc(Br)cc2c1.CN(CCn1cc(B2OC(C)(C)C(C)(C)O2)cn1)C(=O)OC(C)(C)C. The first kappa shape index (κ1) is 54.6. The van der Waals surface area contributed by atoms with Gasteiger partial charge in [0.05, 0.1) is 41.5 Å². The van der Waals surface area contributed by atoms with Crippen molar-refractivity contribution < 1.29 is 47.4 Å². The van der Waals surface area contributed by atoms with Gasteiger partial charge in [0, 0.05) is 104 Å². The predicted octanol–water partition coefficient (Wildman–Crippen LogP) is 8.86. The third-order valence-electron chi connectivity index (χ3n) is 10.7. The van der Waals surface area contributed by atoms with Crippen LogP contribution in [0, 0.1) is 0 Å². The van der Waals surface area contributed by atoms with Gasteiger partial charge in [-0.25, -0.2) is 9.59 Å². The van der Waals surface area contributed by atoms with Crippen LogP contribution in [0.5, 0.6) is 11.5 Å². The van der Waals surface area contributed by atoms with Crippen molar-refractivity contribution in [1.82, 2.24) is 39.3 Å². The molecule has 6 aromatic rings. The quantitative estimate of drug-likeness (QED) is 0.0718. The molecule has 0 radical (unpaired) electrons. The average molecular weight is 1030 g/mol. The van der Waals surface area contributed by atoms with E-state index >= 15 is 0 Å². The molecule has 0 saturated carbocycles. The van der Waals surface area contributed by atoms with Crippen molar-refractivity contribution in [3.05, 3.63) is 90.2 Å². The number of fused-ring (bicyclic) bond motifs is 2. The number of pyridine rings is 2. The molecule has 1 fully saturated rings. The second-order valence-electron chi connectivity index (χ2n) is 19.7. The van der Waals surface area contributed by atoms with Gasteiger partial charge in [0.1, 0.15) is 22.7 Å². The summed E-state index contributed by atoms with van der Waals surface area (Å²) in [6, 6.07) is 14.5. The number of carbonyl (C=O) groups excluding carboxylic acids is 4. The molecule has 0 unspecified atom stereocenters. The molecule has 1 aliphatic heterocycles. The first-order valence-electron chi connectivity index (χ1n) is 22.7. The Morgan fingerprint density at radius 2 is 1.10 bits per heavy atom. The number of halogens is 1. The Morgan fingerprint density at radius 3 is 1.59 bits per heavy atom. The average Bonchev–Trinajstić information content (AvgIpc) is 3.98. The fourth-order valence-corrected chi connectivity index (χ4v) is 6.76. The molecule has 2 aromatic carbocycles. The van der Waals surface area contributed by atoms with Crippen LogP contribution in [-0.4, -0.2) is 120 Å². The third kappa shape index (κ3) is 16.1. The number of amides is 2. The maximum atomic E-state index is 12.1. The van der Waals surface area contributed by atoms with Gasteiger partial charge in [-0.3, -0.25) is 28.9 Å². The number of hydrogen-bond acceptors (Lipinski definition) is 14. The standard InChI is InChI=1S/C22H26N4O4.C17H30BN3O4.C11H8BrNO2/c1-15(27)29-19-6-7-20-16(11-19)10-17(12-23-20)18-13-24-26(14-18)9-8-25(5)21(28)30-22(2,3)4;1-15(2,3)23-14(22)20(8)9-10-21-12-13(11-19-21)18-24-16(4,5)17(6,7)25-18;1-7(14)15-10-2-3-11-8(5-10)4-9(12)6-13-11/h6-7,10-14H,8-9H2,1-5H3;11-12H,9-10H2,1-8H3;2-6H,1H3. The summed E-state index contributed by atoms with van der Waals surface area (Å²) in [7, 11) is 2.99. The van der Waals surface area contributed by atoms with E-state index in [-0.39, 0.29) is 35.3 Å². The maximum absolute atomic E-state index is 12.1. The molecular weight excluding hydrogens is 963 g/mol. The van der Waals surface area contributed by atoms with Crippen LogP contribution in [0.3, 0.4) is 0 Å². The summed E-state index contributed by atoms with van der Waals surface area (Å²) in [5.74, 6) is 0.332. The molecule has 18 nitrogen and oxygen atoms in total. The molecule has 70 heavy (non-hydrogen) atoms. The minimum atomic E-state index is -0.525. The van der Waals surface area contributed by atoms with Gasteiger partial charge in [0.25, 0.3) is 0 Å². The number of benzene rings is 2. The molecule has 1 aliphatic rings. The number of hydrogen-bond donors (Lipinski definition) is 0. The molecule has 7 rings (SSSR count). The second-order valence-corrected chi connectivity index (χ2v) is 20.6. The van der Waals surface area contributed by atoms with Gasteiger partial charge in [-0.05, 0) is 134 Å². The fourth-order valence-electron chi connectivity index (χ4n) is 6.41. The number of ether oxygens (including phenoxy) is 4. The van der Waals surface area contributed by atoms with Crippen molar-refractivity contribution >= 4 is 74.4 Å². The Hall–Kier alpha value is -6.38. The fraction of sp³-hybridized carbons (Fsp3) is 0.440. The minimum Gasteiger partial charge on any atom is -0.444 e. The van der Waals surface area contributed by atoms with E-state index in [0.29, 0.717) is 37.7 Å². The van der Waals surface area contributed by atoms with Crippen molar-refractivity contribution in [3.8, 4) is 22.6 Å². The largest absolute Gasteiger partial charge is 0.498 e. The van der Waals surface area contributed by atoms with Gasteiger partial charge in [0.2, 0.25) is 0 Å². The van der Waals surface area contributed by atoms with Crippen LogP contribution in [0.4, 0.5) is 9.59 Å². The number of nitrogens with zero attached hydrogens (tertiary/aromatic N) is 8. The summed E-state index contributed by atoms with van der Waals surface area (Å²) in [5.41, 5.74) is 2.57. The molecule has 0 aliphatic carbocycles. The summed E-state index contributed by atoms with van der Waals surface area (Å²) in [6.45, 7) is 24.0. The van der Waals surface area contributed by atoms with Gasteiger partial charge < -0.3 is 38.1 Å². The van der Waals surface area contributed by atoms with Gasteiger partial charge in [-0.15, -0.1) is 0 Å². The Bertz CT molecular complexity index is 2780. The van der Waals surface area contributed by atoms with Crippen molar-refractivity contribution in [2.75, 3.05) is 27.2 Å². The normalized spacial score (nSPS) is 13.9. The van der Waals surface area contributed by atoms with Crippen LogP contribution in [0.15, 0.2) is 90.2 Å². The molecule has 20 heteroatoms. The zero-order valence-corrected chi connectivity index (χ0v) is 44.1. The van der Waals surface area contributed by atoms with Gasteiger partial charge in [-0.2, -0.15) is 10.2 Å². The van der Waals surface area contributed by atoms with Crippen molar-refractivity contribution in [1.29, 1.82) is 0 Å². The van der Waals surface area contributed by atoms with Crippen LogP contribution in [0.25, 0.3) is 32.9 Å². The van der Waals surface area contributed by atoms with E-state index in [1.54, 1.807) is 77.4 Å². The number of likely N-dealkylation sites (N-methyl/N-ethyl adjacent to an activating group) is 2. The van der Waals surface area contributed by atoms with E-state index in [0.717, 1.165) is 42.9 Å². The lowest BCUT2D eigenvalue weighted by atomic mass is 9.82. The van der Waals surface area contributed by atoms with Crippen molar-refractivity contribution in [2.45, 2.75) is 119 Å². The molecule has 374 valence electrons. The van der Waals surface area contributed by atoms with Crippen LogP contribution < -0.4 is 14.9 Å². The first-order chi connectivity index (χ1) is 32.6. The van der Waals surface area contributed by atoms with E-state index in [2.05, 4.69) is 36.1 Å². The Morgan fingerprint density at radius 1 is 0.643 bits per heavy atom. The van der Waals surface area contributed by atoms with E-state index < -0.39 is 18.3 Å². The molecule has 2 amide bonds. The van der Waals surface area contributed by atoms with E-state index in [1.807, 2.05) is 106 Å². The van der Waals surface area contributed by atoms with Crippen LogP contribution >= 0.6 is 15.9 Å². The number of aromatic nitrogens is 6. The van der Waals surface area contributed by atoms with Gasteiger partial charge in [0.15, 0.2) is 0 Å². The second kappa shape index (κ2) is 22.6. The van der Waals surface area contributed by atoms with E-state index in [4.69, 9.17) is 28.3 Å². The minimum absolute atomic E-state index is 0.322. The number of carbonyl (C=O) groups is 4. The van der Waals surface area contributed by atoms with Gasteiger partial charge >= 0.3 is 31.2 Å². The molecule has 0 spiro atoms. The van der Waals surface area contributed by atoms with Crippen LogP contribution in [0.2, 0.25) is 0 Å². The zero-order chi connectivity index (χ0) is 51.8. The molecule has 0 bridgehead atoms. The topological polar surface area (TPSA) is 192 Å². The first-order valence-corrected chi connectivity index (χ1v) is 23.5. The third-order valence-corrected chi connectivity index (χ3v) is 11.1. The molecule has 4 aromatic heterocycles. The highest BCUT2D eigenvalue weighted by Gasteiger charge is 2.52. The molecule has 0 N–H and O–H groups in total. The number of esters is 2. The Kier molecular flexibility index (Phi) is 17.6. The summed E-state index contributed by atoms with van der Waals surface area (Å²) < 4.78 is 37.3. The van der Waals surface area contributed by atoms with Crippen molar-refractivity contribution in [2.24, 2.45) is 0 Å². The highest BCUT2D eigenvalue weighted by atomic mass is 79.9. The Balaban J connectivity index is 0.000000206. The molecular formula is C50H64BBrN8O10. The lowest BCUT2D eigenvalue weighted by Crippen LogP contribution is -2.41. The zero-order valence-electron chi connectivity index (χ0n) is 42.5. The Labute approximate surface area is 418 Å². The van der Waals surface area contributed by atoms with Crippen molar-refractivity contribution in [3.63, 3.8) is 0 Å². The predicted molar refractivity (Wildman–Crippen MR) is 271 cm³/mol. The lowest BCUT2D eigenvalue weighted by molar-refractivity contribution is -0.132.